The summed E-state index contributed by atoms with van der Waals surface area (Å²) in [5.41, 5.74) is 3.77. The van der Waals surface area contributed by atoms with Crippen LogP contribution in [-0.2, 0) is 0 Å². The second-order valence-corrected chi connectivity index (χ2v) is 6.54. The van der Waals surface area contributed by atoms with Gasteiger partial charge in [-0.25, -0.2) is 9.37 Å². The van der Waals surface area contributed by atoms with Crippen molar-refractivity contribution in [1.82, 2.24) is 19.7 Å². The topological polar surface area (TPSA) is 59.3 Å². The highest BCUT2D eigenvalue weighted by molar-refractivity contribution is 5.94. The van der Waals surface area contributed by atoms with E-state index in [0.717, 1.165) is 28.9 Å². The van der Waals surface area contributed by atoms with Crippen molar-refractivity contribution in [2.24, 2.45) is 0 Å². The van der Waals surface area contributed by atoms with Crippen molar-refractivity contribution < 1.29 is 9.18 Å². The molecule has 0 aliphatic carbocycles. The third-order valence-electron chi connectivity index (χ3n) is 4.65. The van der Waals surface area contributed by atoms with Crippen LogP contribution in [0, 0.1) is 5.82 Å². The number of carbonyl (C=O) groups is 1. The summed E-state index contributed by atoms with van der Waals surface area (Å²) in [7, 11) is 0. The van der Waals surface area contributed by atoms with Crippen LogP contribution in [0.15, 0.2) is 73.3 Å². The molecular weight excluding hydrogens is 355 g/mol. The molecule has 1 N–H and O–H groups in total. The van der Waals surface area contributed by atoms with E-state index in [0.29, 0.717) is 5.56 Å². The molecule has 4 rings (SSSR count). The average molecular weight is 374 g/mol. The van der Waals surface area contributed by atoms with E-state index in [1.165, 1.54) is 12.1 Å². The molecule has 5 nitrogen and oxygen atoms in total. The van der Waals surface area contributed by atoms with Gasteiger partial charge in [-0.05, 0) is 54.4 Å². The van der Waals surface area contributed by atoms with E-state index < -0.39 is 0 Å². The second-order valence-electron chi connectivity index (χ2n) is 6.54. The van der Waals surface area contributed by atoms with Gasteiger partial charge in [0.2, 0.25) is 0 Å². The fourth-order valence-corrected chi connectivity index (χ4v) is 3.13. The standard InChI is InChI=1S/C22H19FN4O/c1-2-19(16-4-3-11-24-12-16)26-22(28)17-7-10-21-25-20(14-27(21)13-17)15-5-8-18(23)9-6-15/h3-14,19H,2H2,1H3,(H,26,28)/t19-/m1/s1. The van der Waals surface area contributed by atoms with Crippen LogP contribution >= 0.6 is 0 Å². The van der Waals surface area contributed by atoms with Gasteiger partial charge in [-0.2, -0.15) is 0 Å². The summed E-state index contributed by atoms with van der Waals surface area (Å²) in [5, 5.41) is 3.05. The number of aromatic nitrogens is 3. The van der Waals surface area contributed by atoms with Gasteiger partial charge in [-0.1, -0.05) is 13.0 Å². The van der Waals surface area contributed by atoms with E-state index in [4.69, 9.17) is 0 Å². The highest BCUT2D eigenvalue weighted by Crippen LogP contribution is 2.21. The van der Waals surface area contributed by atoms with Crippen molar-refractivity contribution in [3.05, 3.63) is 90.3 Å². The zero-order chi connectivity index (χ0) is 19.5. The highest BCUT2D eigenvalue weighted by atomic mass is 19.1. The normalized spacial score (nSPS) is 12.1. The van der Waals surface area contributed by atoms with E-state index >= 15 is 0 Å². The predicted octanol–water partition coefficient (Wildman–Crippen LogP) is 4.42. The van der Waals surface area contributed by atoms with Crippen LogP contribution in [0.2, 0.25) is 0 Å². The van der Waals surface area contributed by atoms with E-state index in [-0.39, 0.29) is 17.8 Å². The zero-order valence-corrected chi connectivity index (χ0v) is 15.3. The Balaban J connectivity index is 1.58. The monoisotopic (exact) mass is 374 g/mol. The minimum Gasteiger partial charge on any atom is -0.345 e. The first kappa shape index (κ1) is 17.9. The molecule has 6 heteroatoms. The Bertz CT molecular complexity index is 1110. The number of nitrogens with one attached hydrogen (secondary N) is 1. The summed E-state index contributed by atoms with van der Waals surface area (Å²) in [6.45, 7) is 2.02. The van der Waals surface area contributed by atoms with Crippen LogP contribution in [-0.4, -0.2) is 20.3 Å². The van der Waals surface area contributed by atoms with E-state index in [9.17, 15) is 9.18 Å². The van der Waals surface area contributed by atoms with Gasteiger partial charge in [-0.3, -0.25) is 9.78 Å². The average Bonchev–Trinajstić information content (AvgIpc) is 3.16. The number of nitrogens with zero attached hydrogens (tertiary/aromatic N) is 3. The largest absolute Gasteiger partial charge is 0.345 e. The Kier molecular flexibility index (Phi) is 4.85. The summed E-state index contributed by atoms with van der Waals surface area (Å²) < 4.78 is 14.9. The lowest BCUT2D eigenvalue weighted by Gasteiger charge is -2.17. The van der Waals surface area contributed by atoms with E-state index in [1.807, 2.05) is 25.3 Å². The van der Waals surface area contributed by atoms with Gasteiger partial charge in [0.1, 0.15) is 11.5 Å². The molecule has 0 saturated carbocycles. The molecule has 28 heavy (non-hydrogen) atoms. The minimum atomic E-state index is -0.287. The quantitative estimate of drug-likeness (QED) is 0.563. The molecule has 0 radical (unpaired) electrons. The van der Waals surface area contributed by atoms with Crippen LogP contribution in [0.4, 0.5) is 4.39 Å². The summed E-state index contributed by atoms with van der Waals surface area (Å²) in [5.74, 6) is -0.444. The number of amides is 1. The van der Waals surface area contributed by atoms with Crippen LogP contribution in [0.3, 0.4) is 0 Å². The van der Waals surface area contributed by atoms with Gasteiger partial charge in [-0.15, -0.1) is 0 Å². The lowest BCUT2D eigenvalue weighted by atomic mass is 10.1. The third-order valence-corrected chi connectivity index (χ3v) is 4.65. The summed E-state index contributed by atoms with van der Waals surface area (Å²) >= 11 is 0. The number of benzene rings is 1. The van der Waals surface area contributed by atoms with E-state index in [2.05, 4.69) is 15.3 Å². The zero-order valence-electron chi connectivity index (χ0n) is 15.3. The number of fused-ring (bicyclic) bond motifs is 1. The minimum absolute atomic E-state index is 0.102. The van der Waals surface area contributed by atoms with Gasteiger partial charge in [0.15, 0.2) is 0 Å². The summed E-state index contributed by atoms with van der Waals surface area (Å²) in [6.07, 6.45) is 7.82. The molecule has 3 aromatic heterocycles. The van der Waals surface area contributed by atoms with Gasteiger partial charge in [0.05, 0.1) is 17.3 Å². The van der Waals surface area contributed by atoms with Crippen LogP contribution in [0.5, 0.6) is 0 Å². The molecule has 140 valence electrons. The van der Waals surface area contributed by atoms with Crippen molar-refractivity contribution >= 4 is 11.6 Å². The van der Waals surface area contributed by atoms with Gasteiger partial charge < -0.3 is 9.72 Å². The Hall–Kier alpha value is -3.54. The molecule has 1 amide bonds. The van der Waals surface area contributed by atoms with Gasteiger partial charge in [0.25, 0.3) is 5.91 Å². The van der Waals surface area contributed by atoms with Crippen LogP contribution in [0.25, 0.3) is 16.9 Å². The lowest BCUT2D eigenvalue weighted by Crippen LogP contribution is -2.28. The predicted molar refractivity (Wildman–Crippen MR) is 105 cm³/mol. The molecule has 1 atom stereocenters. The molecule has 0 aliphatic heterocycles. The molecule has 0 unspecified atom stereocenters. The number of pyridine rings is 2. The first-order valence-corrected chi connectivity index (χ1v) is 9.09. The highest BCUT2D eigenvalue weighted by Gasteiger charge is 2.15. The lowest BCUT2D eigenvalue weighted by molar-refractivity contribution is 0.0935. The maximum atomic E-state index is 13.1. The number of halogens is 1. The first-order chi connectivity index (χ1) is 13.6. The maximum absolute atomic E-state index is 13.1. The van der Waals surface area contributed by atoms with Crippen LogP contribution < -0.4 is 5.32 Å². The smallest absolute Gasteiger partial charge is 0.253 e. The molecule has 3 heterocycles. The summed E-state index contributed by atoms with van der Waals surface area (Å²) in [6, 6.07) is 13.4. The fourth-order valence-electron chi connectivity index (χ4n) is 3.13. The molecule has 0 saturated heterocycles. The van der Waals surface area contributed by atoms with Gasteiger partial charge >= 0.3 is 0 Å². The molecule has 1 aromatic carbocycles. The Morgan fingerprint density at radius 1 is 1.14 bits per heavy atom. The number of hydrogen-bond acceptors (Lipinski definition) is 3. The molecule has 0 fully saturated rings. The molecule has 0 aliphatic rings. The van der Waals surface area contributed by atoms with Crippen molar-refractivity contribution in [2.75, 3.05) is 0 Å². The number of carbonyl (C=O) groups excluding carboxylic acids is 1. The number of hydrogen-bond donors (Lipinski definition) is 1. The van der Waals surface area contributed by atoms with Crippen molar-refractivity contribution in [3.8, 4) is 11.3 Å². The molecular formula is C22H19FN4O. The molecule has 0 bridgehead atoms. The van der Waals surface area contributed by atoms with Crippen molar-refractivity contribution in [1.29, 1.82) is 0 Å². The SMILES string of the molecule is CC[C@@H](NC(=O)c1ccc2nc(-c3ccc(F)cc3)cn2c1)c1cccnc1. The van der Waals surface area contributed by atoms with Crippen LogP contribution in [0.1, 0.15) is 35.3 Å². The van der Waals surface area contributed by atoms with Crippen molar-refractivity contribution in [3.63, 3.8) is 0 Å². The molecule has 0 spiro atoms. The molecule has 4 aromatic rings. The Morgan fingerprint density at radius 3 is 2.68 bits per heavy atom. The second kappa shape index (κ2) is 7.60. The number of imidazole rings is 1. The third kappa shape index (κ3) is 3.62. The number of rotatable bonds is 5. The first-order valence-electron chi connectivity index (χ1n) is 9.09. The van der Waals surface area contributed by atoms with Gasteiger partial charge in [0, 0.05) is 30.4 Å². The summed E-state index contributed by atoms with van der Waals surface area (Å²) in [4.78, 5) is 21.4. The van der Waals surface area contributed by atoms with E-state index in [1.54, 1.807) is 47.3 Å². The van der Waals surface area contributed by atoms with Crippen molar-refractivity contribution in [2.45, 2.75) is 19.4 Å². The fraction of sp³-hybridized carbons (Fsp3) is 0.136. The Morgan fingerprint density at radius 2 is 1.96 bits per heavy atom. The Labute approximate surface area is 161 Å². The maximum Gasteiger partial charge on any atom is 0.253 e.